The summed E-state index contributed by atoms with van der Waals surface area (Å²) in [6.07, 6.45) is 3.58. The van der Waals surface area contributed by atoms with Gasteiger partial charge in [-0.1, -0.05) is 30.3 Å². The molecule has 1 aliphatic heterocycles. The third-order valence-corrected chi connectivity index (χ3v) is 5.31. The van der Waals surface area contributed by atoms with E-state index in [4.69, 9.17) is 4.74 Å². The van der Waals surface area contributed by atoms with Crippen LogP contribution in [0.4, 0.5) is 11.4 Å². The van der Waals surface area contributed by atoms with Gasteiger partial charge in [-0.3, -0.25) is 14.9 Å². The van der Waals surface area contributed by atoms with E-state index < -0.39 is 23.4 Å². The predicted octanol–water partition coefficient (Wildman–Crippen LogP) is 3.49. The zero-order valence-electron chi connectivity index (χ0n) is 17.6. The van der Waals surface area contributed by atoms with E-state index in [2.05, 4.69) is 5.32 Å². The summed E-state index contributed by atoms with van der Waals surface area (Å²) in [5.74, 6) is -1.14. The highest BCUT2D eigenvalue weighted by molar-refractivity contribution is 5.97. The molecule has 0 aliphatic carbocycles. The number of amides is 1. The first-order chi connectivity index (χ1) is 14.9. The molecule has 1 amide bonds. The van der Waals surface area contributed by atoms with Crippen molar-refractivity contribution in [1.82, 2.24) is 5.32 Å². The van der Waals surface area contributed by atoms with E-state index >= 15 is 0 Å². The topological polar surface area (TPSA) is 102 Å². The van der Waals surface area contributed by atoms with Crippen molar-refractivity contribution >= 4 is 23.3 Å². The number of benzene rings is 2. The molecule has 0 unspecified atom stereocenters. The van der Waals surface area contributed by atoms with E-state index in [9.17, 15) is 19.7 Å². The molecule has 1 fully saturated rings. The monoisotopic (exact) mass is 425 g/mol. The SMILES string of the molecule is C[C@@H](CCc1ccccc1)NC(=O)COC(=O)c1cc([N+](=O)[O-])ccc1N1CCCC1. The summed E-state index contributed by atoms with van der Waals surface area (Å²) in [7, 11) is 0. The number of nitro groups is 1. The summed E-state index contributed by atoms with van der Waals surface area (Å²) in [5.41, 5.74) is 1.72. The van der Waals surface area contributed by atoms with Crippen LogP contribution in [-0.4, -0.2) is 42.5 Å². The minimum atomic E-state index is -0.738. The lowest BCUT2D eigenvalue weighted by molar-refractivity contribution is -0.384. The quantitative estimate of drug-likeness (QED) is 0.375. The van der Waals surface area contributed by atoms with Crippen LogP contribution >= 0.6 is 0 Å². The molecule has 1 N–H and O–H groups in total. The highest BCUT2D eigenvalue weighted by atomic mass is 16.6. The van der Waals surface area contributed by atoms with E-state index in [1.807, 2.05) is 42.2 Å². The third-order valence-electron chi connectivity index (χ3n) is 5.31. The van der Waals surface area contributed by atoms with Crippen molar-refractivity contribution in [3.8, 4) is 0 Å². The number of anilines is 1. The van der Waals surface area contributed by atoms with Crippen molar-refractivity contribution in [1.29, 1.82) is 0 Å². The van der Waals surface area contributed by atoms with Crippen molar-refractivity contribution in [2.75, 3.05) is 24.6 Å². The van der Waals surface area contributed by atoms with Crippen LogP contribution in [-0.2, 0) is 16.0 Å². The van der Waals surface area contributed by atoms with E-state index in [0.29, 0.717) is 5.69 Å². The number of nitrogens with one attached hydrogen (secondary N) is 1. The molecule has 1 saturated heterocycles. The highest BCUT2D eigenvalue weighted by Crippen LogP contribution is 2.29. The maximum absolute atomic E-state index is 12.6. The number of nitro benzene ring substituents is 1. The Bertz CT molecular complexity index is 926. The summed E-state index contributed by atoms with van der Waals surface area (Å²) < 4.78 is 5.19. The number of nitrogens with zero attached hydrogens (tertiary/aromatic N) is 2. The molecule has 0 radical (unpaired) electrons. The van der Waals surface area contributed by atoms with Gasteiger partial charge in [-0.05, 0) is 44.2 Å². The molecular formula is C23H27N3O5. The zero-order valence-corrected chi connectivity index (χ0v) is 17.6. The van der Waals surface area contributed by atoms with Crippen LogP contribution in [0.25, 0.3) is 0 Å². The van der Waals surface area contributed by atoms with Gasteiger partial charge in [-0.25, -0.2) is 4.79 Å². The molecular weight excluding hydrogens is 398 g/mol. The summed E-state index contributed by atoms with van der Waals surface area (Å²) in [6.45, 7) is 3.01. The van der Waals surface area contributed by atoms with Gasteiger partial charge in [0.1, 0.15) is 0 Å². The predicted molar refractivity (Wildman–Crippen MR) is 117 cm³/mol. The fourth-order valence-corrected chi connectivity index (χ4v) is 3.66. The molecule has 8 nitrogen and oxygen atoms in total. The second-order valence-corrected chi connectivity index (χ2v) is 7.72. The third kappa shape index (κ3) is 6.28. The van der Waals surface area contributed by atoms with Gasteiger partial charge in [0.05, 0.1) is 16.2 Å². The van der Waals surface area contributed by atoms with E-state index in [1.165, 1.54) is 17.7 Å². The first-order valence-corrected chi connectivity index (χ1v) is 10.5. The average Bonchev–Trinajstić information content (AvgIpc) is 3.31. The number of carbonyl (C=O) groups excluding carboxylic acids is 2. The van der Waals surface area contributed by atoms with Crippen LogP contribution in [0.5, 0.6) is 0 Å². The Morgan fingerprint density at radius 1 is 1.16 bits per heavy atom. The van der Waals surface area contributed by atoms with Crippen LogP contribution in [0, 0.1) is 10.1 Å². The zero-order chi connectivity index (χ0) is 22.2. The van der Waals surface area contributed by atoms with E-state index in [-0.39, 0.29) is 17.3 Å². The van der Waals surface area contributed by atoms with Gasteiger partial charge < -0.3 is 15.0 Å². The number of non-ortho nitro benzene ring substituents is 1. The Kier molecular flexibility index (Phi) is 7.59. The maximum atomic E-state index is 12.6. The van der Waals surface area contributed by atoms with Crippen LogP contribution in [0.2, 0.25) is 0 Å². The molecule has 0 aromatic heterocycles. The molecule has 3 rings (SSSR count). The lowest BCUT2D eigenvalue weighted by atomic mass is 10.1. The molecule has 1 atom stereocenters. The van der Waals surface area contributed by atoms with Crippen LogP contribution in [0.1, 0.15) is 42.1 Å². The van der Waals surface area contributed by atoms with Gasteiger partial charge in [-0.15, -0.1) is 0 Å². The molecule has 0 spiro atoms. The van der Waals surface area contributed by atoms with Gasteiger partial charge >= 0.3 is 5.97 Å². The Labute approximate surface area is 181 Å². The van der Waals surface area contributed by atoms with Crippen molar-refractivity contribution in [3.63, 3.8) is 0 Å². The summed E-state index contributed by atoms with van der Waals surface area (Å²) in [6, 6.07) is 14.1. The van der Waals surface area contributed by atoms with Gasteiger partial charge in [0.15, 0.2) is 6.61 Å². The number of ether oxygens (including phenoxy) is 1. The number of aryl methyl sites for hydroxylation is 1. The van der Waals surface area contributed by atoms with E-state index in [1.54, 1.807) is 6.07 Å². The second-order valence-electron chi connectivity index (χ2n) is 7.72. The number of rotatable bonds is 9. The van der Waals surface area contributed by atoms with Crippen molar-refractivity contribution in [3.05, 3.63) is 69.8 Å². The van der Waals surface area contributed by atoms with Crippen molar-refractivity contribution < 1.29 is 19.2 Å². The molecule has 164 valence electrons. The number of hydrogen-bond donors (Lipinski definition) is 1. The minimum absolute atomic E-state index is 0.0793. The molecule has 2 aromatic rings. The molecule has 0 saturated carbocycles. The molecule has 1 aliphatic rings. The molecule has 0 bridgehead atoms. The van der Waals surface area contributed by atoms with E-state index in [0.717, 1.165) is 38.8 Å². The van der Waals surface area contributed by atoms with Crippen molar-refractivity contribution in [2.24, 2.45) is 0 Å². The fourth-order valence-electron chi connectivity index (χ4n) is 3.66. The van der Waals surface area contributed by atoms with Gasteiger partial charge in [-0.2, -0.15) is 0 Å². The first-order valence-electron chi connectivity index (χ1n) is 10.5. The summed E-state index contributed by atoms with van der Waals surface area (Å²) in [5, 5.41) is 14.0. The Balaban J connectivity index is 1.56. The maximum Gasteiger partial charge on any atom is 0.341 e. The Morgan fingerprint density at radius 3 is 2.55 bits per heavy atom. The number of carbonyl (C=O) groups is 2. The average molecular weight is 425 g/mol. The van der Waals surface area contributed by atoms with Gasteiger partial charge in [0.25, 0.3) is 11.6 Å². The van der Waals surface area contributed by atoms with Gasteiger partial charge in [0.2, 0.25) is 0 Å². The normalized spacial score (nSPS) is 14.2. The number of esters is 1. The summed E-state index contributed by atoms with van der Waals surface area (Å²) in [4.78, 5) is 37.4. The standard InChI is InChI=1S/C23H27N3O5/c1-17(9-10-18-7-3-2-4-8-18)24-22(27)16-31-23(28)20-15-19(26(29)30)11-12-21(20)25-13-5-6-14-25/h2-4,7-8,11-12,15,17H,5-6,9-10,13-14,16H2,1H3,(H,24,27)/t17-/m0/s1. The largest absolute Gasteiger partial charge is 0.452 e. The lowest BCUT2D eigenvalue weighted by Gasteiger charge is -2.20. The van der Waals surface area contributed by atoms with Crippen LogP contribution in [0.3, 0.4) is 0 Å². The van der Waals surface area contributed by atoms with Crippen LogP contribution < -0.4 is 10.2 Å². The number of hydrogen-bond acceptors (Lipinski definition) is 6. The lowest BCUT2D eigenvalue weighted by Crippen LogP contribution is -2.36. The van der Waals surface area contributed by atoms with Crippen molar-refractivity contribution in [2.45, 2.75) is 38.6 Å². The van der Waals surface area contributed by atoms with Crippen LogP contribution in [0.15, 0.2) is 48.5 Å². The Hall–Kier alpha value is -3.42. The summed E-state index contributed by atoms with van der Waals surface area (Å²) >= 11 is 0. The highest BCUT2D eigenvalue weighted by Gasteiger charge is 2.24. The smallest absolute Gasteiger partial charge is 0.341 e. The molecule has 31 heavy (non-hydrogen) atoms. The molecule has 1 heterocycles. The molecule has 2 aromatic carbocycles. The molecule has 8 heteroatoms. The second kappa shape index (κ2) is 10.6. The first kappa shape index (κ1) is 22.3. The Morgan fingerprint density at radius 2 is 1.87 bits per heavy atom. The van der Waals surface area contributed by atoms with Gasteiger partial charge in [0, 0.05) is 31.3 Å². The fraction of sp³-hybridized carbons (Fsp3) is 0.391. The minimum Gasteiger partial charge on any atom is -0.452 e.